The first kappa shape index (κ1) is 18.5. The van der Waals surface area contributed by atoms with Crippen molar-refractivity contribution in [3.8, 4) is 5.75 Å². The molecule has 0 saturated heterocycles. The Labute approximate surface area is 160 Å². The van der Waals surface area contributed by atoms with E-state index in [-0.39, 0.29) is 18.5 Å². The predicted octanol–water partition coefficient (Wildman–Crippen LogP) is 4.55. The second-order valence-corrected chi connectivity index (χ2v) is 6.35. The lowest BCUT2D eigenvalue weighted by molar-refractivity contribution is -0.120. The third-order valence-corrected chi connectivity index (χ3v) is 4.23. The first-order valence-electron chi connectivity index (χ1n) is 9.06. The Kier molecular flexibility index (Phi) is 6.47. The Morgan fingerprint density at radius 1 is 0.889 bits per heavy atom. The molecule has 0 bridgehead atoms. The summed E-state index contributed by atoms with van der Waals surface area (Å²) < 4.78 is 5.77. The first-order chi connectivity index (χ1) is 13.2. The molecule has 0 fully saturated rings. The fraction of sp³-hybridized carbons (Fsp3) is 0.174. The van der Waals surface area contributed by atoms with Crippen LogP contribution in [0.1, 0.15) is 24.1 Å². The van der Waals surface area contributed by atoms with Gasteiger partial charge in [-0.25, -0.2) is 0 Å². The third-order valence-electron chi connectivity index (χ3n) is 4.23. The van der Waals surface area contributed by atoms with Crippen molar-refractivity contribution in [1.82, 2.24) is 5.32 Å². The van der Waals surface area contributed by atoms with Crippen LogP contribution in [0, 0.1) is 0 Å². The van der Waals surface area contributed by atoms with E-state index in [1.165, 1.54) is 0 Å². The molecule has 3 aromatic carbocycles. The molecule has 0 aromatic heterocycles. The van der Waals surface area contributed by atoms with Crippen molar-refractivity contribution in [2.75, 3.05) is 11.9 Å². The van der Waals surface area contributed by atoms with Crippen LogP contribution in [-0.4, -0.2) is 12.5 Å². The smallest absolute Gasteiger partial charge is 0.239 e. The molecular weight excluding hydrogens is 336 g/mol. The topological polar surface area (TPSA) is 50.4 Å². The van der Waals surface area contributed by atoms with Crippen LogP contribution in [0.25, 0.3) is 0 Å². The number of carbonyl (C=O) groups is 1. The Bertz CT molecular complexity index is 833. The molecular formula is C23H24N2O2. The summed E-state index contributed by atoms with van der Waals surface area (Å²) in [6, 6.07) is 27.6. The largest absolute Gasteiger partial charge is 0.489 e. The average molecular weight is 360 g/mol. The van der Waals surface area contributed by atoms with Crippen molar-refractivity contribution < 1.29 is 9.53 Å². The van der Waals surface area contributed by atoms with Crippen molar-refractivity contribution in [3.05, 3.63) is 96.1 Å². The average Bonchev–Trinajstić information content (AvgIpc) is 2.73. The van der Waals surface area contributed by atoms with Gasteiger partial charge in [0.2, 0.25) is 5.91 Å². The van der Waals surface area contributed by atoms with Crippen molar-refractivity contribution in [1.29, 1.82) is 0 Å². The van der Waals surface area contributed by atoms with Crippen LogP contribution in [-0.2, 0) is 11.4 Å². The van der Waals surface area contributed by atoms with E-state index in [0.717, 1.165) is 22.6 Å². The molecule has 0 saturated carbocycles. The van der Waals surface area contributed by atoms with Crippen molar-refractivity contribution >= 4 is 11.6 Å². The van der Waals surface area contributed by atoms with E-state index in [9.17, 15) is 4.79 Å². The number of anilines is 1. The van der Waals surface area contributed by atoms with Gasteiger partial charge in [-0.15, -0.1) is 0 Å². The van der Waals surface area contributed by atoms with Gasteiger partial charge in [-0.3, -0.25) is 4.79 Å². The van der Waals surface area contributed by atoms with Gasteiger partial charge < -0.3 is 15.4 Å². The van der Waals surface area contributed by atoms with Crippen LogP contribution in [0.2, 0.25) is 0 Å². The highest BCUT2D eigenvalue weighted by Gasteiger charge is 2.08. The Balaban J connectivity index is 1.43. The molecule has 27 heavy (non-hydrogen) atoms. The molecule has 0 radical (unpaired) electrons. The number of hydrogen-bond acceptors (Lipinski definition) is 3. The van der Waals surface area contributed by atoms with Crippen LogP contribution in [0.15, 0.2) is 84.9 Å². The number of benzene rings is 3. The zero-order valence-electron chi connectivity index (χ0n) is 15.4. The third kappa shape index (κ3) is 5.89. The van der Waals surface area contributed by atoms with Gasteiger partial charge in [0.25, 0.3) is 0 Å². The quantitative estimate of drug-likeness (QED) is 0.619. The van der Waals surface area contributed by atoms with E-state index in [0.29, 0.717) is 6.61 Å². The normalized spacial score (nSPS) is 11.4. The lowest BCUT2D eigenvalue weighted by Crippen LogP contribution is -2.32. The molecule has 3 rings (SSSR count). The van der Waals surface area contributed by atoms with Gasteiger partial charge in [-0.05, 0) is 42.3 Å². The van der Waals surface area contributed by atoms with Gasteiger partial charge in [-0.1, -0.05) is 60.7 Å². The molecule has 0 heterocycles. The maximum atomic E-state index is 12.1. The second kappa shape index (κ2) is 9.43. The Hall–Kier alpha value is -3.27. The summed E-state index contributed by atoms with van der Waals surface area (Å²) in [7, 11) is 0. The fourth-order valence-corrected chi connectivity index (χ4v) is 2.71. The monoisotopic (exact) mass is 360 g/mol. The summed E-state index contributed by atoms with van der Waals surface area (Å²) in [4.78, 5) is 12.1. The van der Waals surface area contributed by atoms with Crippen LogP contribution in [0.4, 0.5) is 5.69 Å². The Morgan fingerprint density at radius 3 is 2.19 bits per heavy atom. The molecule has 1 unspecified atom stereocenters. The summed E-state index contributed by atoms with van der Waals surface area (Å²) in [5.74, 6) is 0.752. The van der Waals surface area contributed by atoms with Gasteiger partial charge >= 0.3 is 0 Å². The highest BCUT2D eigenvalue weighted by atomic mass is 16.5. The summed E-state index contributed by atoms with van der Waals surface area (Å²) in [5.41, 5.74) is 3.10. The molecule has 0 aliphatic carbocycles. The van der Waals surface area contributed by atoms with Crippen LogP contribution in [0.3, 0.4) is 0 Å². The highest BCUT2D eigenvalue weighted by Crippen LogP contribution is 2.17. The number of nitrogens with one attached hydrogen (secondary N) is 2. The van der Waals surface area contributed by atoms with Crippen molar-refractivity contribution in [3.63, 3.8) is 0 Å². The molecule has 1 atom stereocenters. The minimum absolute atomic E-state index is 0.0192. The molecule has 0 aliphatic rings. The second-order valence-electron chi connectivity index (χ2n) is 6.35. The maximum Gasteiger partial charge on any atom is 0.239 e. The molecule has 3 aromatic rings. The zero-order chi connectivity index (χ0) is 18.9. The van der Waals surface area contributed by atoms with Gasteiger partial charge in [-0.2, -0.15) is 0 Å². The lowest BCUT2D eigenvalue weighted by Gasteiger charge is -2.15. The van der Waals surface area contributed by atoms with Crippen LogP contribution < -0.4 is 15.4 Å². The van der Waals surface area contributed by atoms with E-state index < -0.39 is 0 Å². The number of rotatable bonds is 8. The molecule has 0 spiro atoms. The number of ether oxygens (including phenoxy) is 1. The molecule has 4 heteroatoms. The van der Waals surface area contributed by atoms with Gasteiger partial charge in [0.15, 0.2) is 0 Å². The van der Waals surface area contributed by atoms with Gasteiger partial charge in [0.05, 0.1) is 12.6 Å². The minimum Gasteiger partial charge on any atom is -0.489 e. The van der Waals surface area contributed by atoms with E-state index in [1.54, 1.807) is 0 Å². The Morgan fingerprint density at radius 2 is 1.52 bits per heavy atom. The lowest BCUT2D eigenvalue weighted by atomic mass is 10.1. The van der Waals surface area contributed by atoms with E-state index >= 15 is 0 Å². The molecule has 138 valence electrons. The summed E-state index contributed by atoms with van der Waals surface area (Å²) in [6.07, 6.45) is 0. The van der Waals surface area contributed by atoms with Crippen molar-refractivity contribution in [2.24, 2.45) is 0 Å². The van der Waals surface area contributed by atoms with E-state index in [2.05, 4.69) is 10.6 Å². The van der Waals surface area contributed by atoms with E-state index in [4.69, 9.17) is 4.74 Å². The predicted molar refractivity (Wildman–Crippen MR) is 109 cm³/mol. The number of carbonyl (C=O) groups excluding carboxylic acids is 1. The fourth-order valence-electron chi connectivity index (χ4n) is 2.71. The SMILES string of the molecule is CC(NC(=O)CNc1ccc(OCc2ccccc2)cc1)c1ccccc1. The minimum atomic E-state index is -0.0456. The zero-order valence-corrected chi connectivity index (χ0v) is 15.4. The standard InChI is InChI=1S/C23H24N2O2/c1-18(20-10-6-3-7-11-20)25-23(26)16-24-21-12-14-22(15-13-21)27-17-19-8-4-2-5-9-19/h2-15,18,24H,16-17H2,1H3,(H,25,26). The van der Waals surface area contributed by atoms with E-state index in [1.807, 2.05) is 91.9 Å². The van der Waals surface area contributed by atoms with Crippen LogP contribution in [0.5, 0.6) is 5.75 Å². The number of hydrogen-bond donors (Lipinski definition) is 2. The highest BCUT2D eigenvalue weighted by molar-refractivity contribution is 5.81. The maximum absolute atomic E-state index is 12.1. The summed E-state index contributed by atoms with van der Waals surface area (Å²) in [5, 5.41) is 6.12. The van der Waals surface area contributed by atoms with Gasteiger partial charge in [0, 0.05) is 5.69 Å². The van der Waals surface area contributed by atoms with Crippen molar-refractivity contribution in [2.45, 2.75) is 19.6 Å². The molecule has 2 N–H and O–H groups in total. The summed E-state index contributed by atoms with van der Waals surface area (Å²) in [6.45, 7) is 2.74. The first-order valence-corrected chi connectivity index (χ1v) is 9.06. The number of amides is 1. The summed E-state index contributed by atoms with van der Waals surface area (Å²) >= 11 is 0. The van der Waals surface area contributed by atoms with Gasteiger partial charge in [0.1, 0.15) is 12.4 Å². The van der Waals surface area contributed by atoms with Crippen LogP contribution >= 0.6 is 0 Å². The molecule has 1 amide bonds. The molecule has 0 aliphatic heterocycles. The molecule has 4 nitrogen and oxygen atoms in total.